The molecule has 142 valence electrons. The fourth-order valence-corrected chi connectivity index (χ4v) is 3.86. The van der Waals surface area contributed by atoms with Crippen LogP contribution in [0.25, 0.3) is 0 Å². The molecule has 0 atom stereocenters. The molecule has 1 aromatic heterocycles. The summed E-state index contributed by atoms with van der Waals surface area (Å²) < 4.78 is 0. The number of aromatic nitrogens is 1. The Morgan fingerprint density at radius 3 is 1.59 bits per heavy atom. The van der Waals surface area contributed by atoms with Crippen molar-refractivity contribution in [1.82, 2.24) is 4.98 Å². The minimum Gasteiger partial charge on any atom is -0.325 e. The van der Waals surface area contributed by atoms with Crippen molar-refractivity contribution in [3.8, 4) is 0 Å². The smallest absolute Gasteiger partial charge is 0.225 e. The second kappa shape index (κ2) is 8.53. The predicted molar refractivity (Wildman–Crippen MR) is 117 cm³/mol. The lowest BCUT2D eigenvalue weighted by molar-refractivity contribution is -0.116. The number of nitrogens with one attached hydrogen (secondary N) is 1. The van der Waals surface area contributed by atoms with Crippen LogP contribution in [0.2, 0.25) is 0 Å². The molecule has 4 aromatic rings. The summed E-state index contributed by atoms with van der Waals surface area (Å²) in [6.07, 6.45) is 3.63. The van der Waals surface area contributed by atoms with E-state index >= 15 is 0 Å². The van der Waals surface area contributed by atoms with Gasteiger partial charge in [-0.2, -0.15) is 0 Å². The summed E-state index contributed by atoms with van der Waals surface area (Å²) in [6, 6.07) is 34.4. The van der Waals surface area contributed by atoms with Crippen molar-refractivity contribution >= 4 is 11.6 Å². The van der Waals surface area contributed by atoms with Crippen LogP contribution in [0.3, 0.4) is 0 Å². The van der Waals surface area contributed by atoms with Crippen LogP contribution < -0.4 is 5.32 Å². The first-order chi connectivity index (χ1) is 14.3. The number of anilines is 1. The molecule has 0 saturated heterocycles. The van der Waals surface area contributed by atoms with Crippen LogP contribution in [0.1, 0.15) is 23.1 Å². The number of pyridine rings is 1. The fourth-order valence-electron chi connectivity index (χ4n) is 3.86. The summed E-state index contributed by atoms with van der Waals surface area (Å²) in [5, 5.41) is 3.01. The van der Waals surface area contributed by atoms with E-state index in [-0.39, 0.29) is 12.3 Å². The summed E-state index contributed by atoms with van der Waals surface area (Å²) in [5.74, 6) is -0.0606. The molecule has 29 heavy (non-hydrogen) atoms. The zero-order valence-corrected chi connectivity index (χ0v) is 16.0. The Morgan fingerprint density at radius 1 is 0.690 bits per heavy atom. The van der Waals surface area contributed by atoms with E-state index in [0.29, 0.717) is 5.69 Å². The van der Waals surface area contributed by atoms with Gasteiger partial charge < -0.3 is 5.32 Å². The Kier molecular flexibility index (Phi) is 5.48. The maximum atomic E-state index is 13.2. The highest BCUT2D eigenvalue weighted by molar-refractivity contribution is 5.92. The van der Waals surface area contributed by atoms with Crippen molar-refractivity contribution in [3.05, 3.63) is 132 Å². The lowest BCUT2D eigenvalue weighted by Crippen LogP contribution is -2.34. The molecule has 1 N–H and O–H groups in total. The van der Waals surface area contributed by atoms with E-state index in [1.54, 1.807) is 12.4 Å². The molecule has 1 amide bonds. The van der Waals surface area contributed by atoms with Gasteiger partial charge in [0, 0.05) is 12.6 Å². The number of rotatable bonds is 6. The molecule has 0 spiro atoms. The van der Waals surface area contributed by atoms with Crippen molar-refractivity contribution in [2.75, 3.05) is 5.32 Å². The standard InChI is InChI=1S/C26H22N2O/c29-25(28-24-17-10-18-27-20-24)19-26(21-11-4-1-5-12-21,22-13-6-2-7-14-22)23-15-8-3-9-16-23/h1-18,20H,19H2,(H,28,29). The molecule has 0 aliphatic carbocycles. The molecule has 3 aromatic carbocycles. The fraction of sp³-hybridized carbons (Fsp3) is 0.0769. The van der Waals surface area contributed by atoms with Crippen LogP contribution in [0.15, 0.2) is 116 Å². The highest BCUT2D eigenvalue weighted by Gasteiger charge is 2.38. The van der Waals surface area contributed by atoms with Crippen LogP contribution in [-0.4, -0.2) is 10.9 Å². The molecule has 0 radical (unpaired) electrons. The number of carbonyl (C=O) groups is 1. The molecule has 0 fully saturated rings. The SMILES string of the molecule is O=C(CC(c1ccccc1)(c1ccccc1)c1ccccc1)Nc1cccnc1. The second-order valence-electron chi connectivity index (χ2n) is 6.97. The summed E-state index contributed by atoms with van der Waals surface area (Å²) in [5.41, 5.74) is 3.34. The van der Waals surface area contributed by atoms with Gasteiger partial charge in [-0.3, -0.25) is 9.78 Å². The monoisotopic (exact) mass is 378 g/mol. The minimum atomic E-state index is -0.601. The zero-order chi connectivity index (χ0) is 19.9. The van der Waals surface area contributed by atoms with E-state index in [9.17, 15) is 4.79 Å². The van der Waals surface area contributed by atoms with Gasteiger partial charge >= 0.3 is 0 Å². The average Bonchev–Trinajstić information content (AvgIpc) is 2.80. The normalized spacial score (nSPS) is 11.0. The van der Waals surface area contributed by atoms with E-state index in [0.717, 1.165) is 16.7 Å². The third-order valence-corrected chi connectivity index (χ3v) is 5.17. The van der Waals surface area contributed by atoms with E-state index in [1.165, 1.54) is 0 Å². The van der Waals surface area contributed by atoms with Crippen LogP contribution in [0.5, 0.6) is 0 Å². The van der Waals surface area contributed by atoms with Crippen molar-refractivity contribution in [3.63, 3.8) is 0 Å². The van der Waals surface area contributed by atoms with E-state index in [1.807, 2.05) is 66.7 Å². The molecular formula is C26H22N2O. The summed E-state index contributed by atoms with van der Waals surface area (Å²) in [7, 11) is 0. The Morgan fingerprint density at radius 2 is 1.17 bits per heavy atom. The van der Waals surface area contributed by atoms with Gasteiger partial charge in [0.25, 0.3) is 0 Å². The van der Waals surface area contributed by atoms with Gasteiger partial charge in [0.05, 0.1) is 17.3 Å². The Balaban J connectivity index is 1.85. The van der Waals surface area contributed by atoms with Gasteiger partial charge in [0.15, 0.2) is 0 Å². The van der Waals surface area contributed by atoms with E-state index in [4.69, 9.17) is 0 Å². The van der Waals surface area contributed by atoms with Crippen LogP contribution in [-0.2, 0) is 10.2 Å². The maximum Gasteiger partial charge on any atom is 0.225 e. The van der Waals surface area contributed by atoms with E-state index in [2.05, 4.69) is 46.7 Å². The van der Waals surface area contributed by atoms with Gasteiger partial charge in [-0.1, -0.05) is 91.0 Å². The molecule has 3 nitrogen and oxygen atoms in total. The highest BCUT2D eigenvalue weighted by Crippen LogP contribution is 2.42. The first-order valence-electron chi connectivity index (χ1n) is 9.65. The van der Waals surface area contributed by atoms with Gasteiger partial charge in [-0.15, -0.1) is 0 Å². The van der Waals surface area contributed by atoms with Crippen molar-refractivity contribution in [1.29, 1.82) is 0 Å². The number of hydrogen-bond donors (Lipinski definition) is 1. The summed E-state index contributed by atoms with van der Waals surface area (Å²) in [6.45, 7) is 0. The van der Waals surface area contributed by atoms with Crippen LogP contribution >= 0.6 is 0 Å². The van der Waals surface area contributed by atoms with Crippen LogP contribution in [0, 0.1) is 0 Å². The molecule has 0 aliphatic rings. The van der Waals surface area contributed by atoms with Crippen molar-refractivity contribution in [2.24, 2.45) is 0 Å². The Hall–Kier alpha value is -3.72. The quantitative estimate of drug-likeness (QED) is 0.454. The largest absolute Gasteiger partial charge is 0.325 e. The van der Waals surface area contributed by atoms with Crippen molar-refractivity contribution < 1.29 is 4.79 Å². The van der Waals surface area contributed by atoms with Crippen LogP contribution in [0.4, 0.5) is 5.69 Å². The number of hydrogen-bond acceptors (Lipinski definition) is 2. The first-order valence-corrected chi connectivity index (χ1v) is 9.65. The second-order valence-corrected chi connectivity index (χ2v) is 6.97. The molecule has 0 aliphatic heterocycles. The Bertz CT molecular complexity index is 952. The molecule has 3 heteroatoms. The molecule has 0 unspecified atom stereocenters. The summed E-state index contributed by atoms with van der Waals surface area (Å²) >= 11 is 0. The third-order valence-electron chi connectivity index (χ3n) is 5.17. The van der Waals surface area contributed by atoms with Gasteiger partial charge in [-0.25, -0.2) is 0 Å². The molecule has 1 heterocycles. The highest BCUT2D eigenvalue weighted by atomic mass is 16.1. The number of carbonyl (C=O) groups excluding carboxylic acids is 1. The average molecular weight is 378 g/mol. The number of nitrogens with zero attached hydrogens (tertiary/aromatic N) is 1. The predicted octanol–water partition coefficient (Wildman–Crippen LogP) is 5.44. The maximum absolute atomic E-state index is 13.2. The third kappa shape index (κ3) is 3.94. The topological polar surface area (TPSA) is 42.0 Å². The number of benzene rings is 3. The zero-order valence-electron chi connectivity index (χ0n) is 16.0. The Labute approximate surface area is 171 Å². The minimum absolute atomic E-state index is 0.0606. The summed E-state index contributed by atoms with van der Waals surface area (Å²) in [4.78, 5) is 17.3. The molecule has 0 saturated carbocycles. The molecule has 4 rings (SSSR count). The van der Waals surface area contributed by atoms with Crippen molar-refractivity contribution in [2.45, 2.75) is 11.8 Å². The molecule has 0 bridgehead atoms. The van der Waals surface area contributed by atoms with Gasteiger partial charge in [-0.05, 0) is 28.8 Å². The number of amides is 1. The lowest BCUT2D eigenvalue weighted by Gasteiger charge is -2.35. The van der Waals surface area contributed by atoms with Gasteiger partial charge in [0.1, 0.15) is 0 Å². The first kappa shape index (κ1) is 18.6. The lowest BCUT2D eigenvalue weighted by atomic mass is 9.67. The van der Waals surface area contributed by atoms with Gasteiger partial charge in [0.2, 0.25) is 5.91 Å². The van der Waals surface area contributed by atoms with E-state index < -0.39 is 5.41 Å². The molecular weight excluding hydrogens is 356 g/mol.